The number of aromatic nitrogens is 2. The first-order chi connectivity index (χ1) is 13.2. The molecule has 1 aromatic heterocycles. The molecule has 27 heavy (non-hydrogen) atoms. The van der Waals surface area contributed by atoms with E-state index in [9.17, 15) is 4.79 Å². The molecule has 0 bridgehead atoms. The lowest BCUT2D eigenvalue weighted by atomic mass is 10.1. The highest BCUT2D eigenvalue weighted by Crippen LogP contribution is 2.18. The van der Waals surface area contributed by atoms with Crippen molar-refractivity contribution in [2.75, 3.05) is 62.3 Å². The van der Waals surface area contributed by atoms with Crippen molar-refractivity contribution in [3.63, 3.8) is 0 Å². The van der Waals surface area contributed by atoms with E-state index in [4.69, 9.17) is 9.72 Å². The summed E-state index contributed by atoms with van der Waals surface area (Å²) in [5, 5.41) is 0. The maximum Gasteiger partial charge on any atom is 0.253 e. The van der Waals surface area contributed by atoms with Crippen molar-refractivity contribution in [1.29, 1.82) is 0 Å². The van der Waals surface area contributed by atoms with Gasteiger partial charge < -0.3 is 19.4 Å². The second kappa shape index (κ2) is 7.92. The molecule has 1 aromatic carbocycles. The van der Waals surface area contributed by atoms with Gasteiger partial charge in [-0.3, -0.25) is 4.79 Å². The van der Waals surface area contributed by atoms with Crippen LogP contribution in [0.2, 0.25) is 0 Å². The van der Waals surface area contributed by atoms with E-state index >= 15 is 0 Å². The van der Waals surface area contributed by atoms with Gasteiger partial charge in [-0.05, 0) is 25.1 Å². The van der Waals surface area contributed by atoms with Gasteiger partial charge in [-0.1, -0.05) is 17.7 Å². The van der Waals surface area contributed by atoms with Gasteiger partial charge in [0, 0.05) is 51.0 Å². The van der Waals surface area contributed by atoms with Gasteiger partial charge in [0.15, 0.2) is 0 Å². The van der Waals surface area contributed by atoms with Crippen LogP contribution < -0.4 is 9.80 Å². The zero-order valence-electron chi connectivity index (χ0n) is 15.7. The molecule has 0 unspecified atom stereocenters. The van der Waals surface area contributed by atoms with Gasteiger partial charge in [-0.2, -0.15) is 4.98 Å². The summed E-state index contributed by atoms with van der Waals surface area (Å²) in [5.74, 6) is 1.79. The van der Waals surface area contributed by atoms with Crippen molar-refractivity contribution in [3.8, 4) is 0 Å². The third-order valence-electron chi connectivity index (χ3n) is 5.08. The molecule has 0 aliphatic carbocycles. The number of carbonyl (C=O) groups excluding carboxylic acids is 1. The summed E-state index contributed by atoms with van der Waals surface area (Å²) in [6.07, 6.45) is 1.82. The number of nitrogens with zero attached hydrogens (tertiary/aromatic N) is 5. The standard InChI is InChI=1S/C20H25N5O2/c1-16-3-2-4-17(15-16)19(26)24-9-7-23(8-10-24)18-5-6-21-20(22-18)25-11-13-27-14-12-25/h2-6,15H,7-14H2,1H3. The smallest absolute Gasteiger partial charge is 0.253 e. The van der Waals surface area contributed by atoms with Gasteiger partial charge in [0.05, 0.1) is 13.2 Å². The molecule has 0 atom stereocenters. The molecule has 3 heterocycles. The Labute approximate surface area is 159 Å². The quantitative estimate of drug-likeness (QED) is 0.821. The van der Waals surface area contributed by atoms with Crippen molar-refractivity contribution in [2.45, 2.75) is 6.92 Å². The Hall–Kier alpha value is -2.67. The van der Waals surface area contributed by atoms with Crippen LogP contribution in [0.1, 0.15) is 15.9 Å². The van der Waals surface area contributed by atoms with E-state index in [-0.39, 0.29) is 5.91 Å². The lowest BCUT2D eigenvalue weighted by Gasteiger charge is -2.36. The first-order valence-corrected chi connectivity index (χ1v) is 9.47. The number of morpholine rings is 1. The Morgan fingerprint density at radius 1 is 1.00 bits per heavy atom. The average molecular weight is 367 g/mol. The monoisotopic (exact) mass is 367 g/mol. The number of piperazine rings is 1. The van der Waals surface area contributed by atoms with Crippen LogP contribution in [0.25, 0.3) is 0 Å². The molecule has 2 aromatic rings. The van der Waals surface area contributed by atoms with E-state index in [2.05, 4.69) is 14.8 Å². The van der Waals surface area contributed by atoms with Crippen LogP contribution in [0, 0.1) is 6.92 Å². The zero-order chi connectivity index (χ0) is 18.6. The number of rotatable bonds is 3. The number of carbonyl (C=O) groups is 1. The molecule has 2 saturated heterocycles. The Morgan fingerprint density at radius 2 is 1.78 bits per heavy atom. The fraction of sp³-hybridized carbons (Fsp3) is 0.450. The minimum atomic E-state index is 0.107. The van der Waals surface area contributed by atoms with E-state index in [1.807, 2.05) is 48.4 Å². The maximum absolute atomic E-state index is 12.7. The molecule has 2 fully saturated rings. The number of aryl methyl sites for hydroxylation is 1. The van der Waals surface area contributed by atoms with Gasteiger partial charge >= 0.3 is 0 Å². The second-order valence-electron chi connectivity index (χ2n) is 6.96. The Bertz CT molecular complexity index is 798. The van der Waals surface area contributed by atoms with Crippen LogP contribution in [-0.4, -0.2) is 73.3 Å². The highest BCUT2D eigenvalue weighted by atomic mass is 16.5. The molecule has 4 rings (SSSR count). The van der Waals surface area contributed by atoms with Crippen molar-refractivity contribution < 1.29 is 9.53 Å². The van der Waals surface area contributed by atoms with Crippen LogP contribution in [0.4, 0.5) is 11.8 Å². The van der Waals surface area contributed by atoms with Crippen LogP contribution in [0.3, 0.4) is 0 Å². The highest BCUT2D eigenvalue weighted by molar-refractivity contribution is 5.94. The number of ether oxygens (including phenoxy) is 1. The normalized spacial score (nSPS) is 17.9. The van der Waals surface area contributed by atoms with E-state index < -0.39 is 0 Å². The predicted molar refractivity (Wildman–Crippen MR) is 104 cm³/mol. The molecule has 0 saturated carbocycles. The van der Waals surface area contributed by atoms with Crippen LogP contribution in [0.5, 0.6) is 0 Å². The molecule has 0 N–H and O–H groups in total. The Kier molecular flexibility index (Phi) is 5.20. The minimum absolute atomic E-state index is 0.107. The molecular weight excluding hydrogens is 342 g/mol. The first kappa shape index (κ1) is 17.7. The molecule has 7 heteroatoms. The predicted octanol–water partition coefficient (Wildman–Crippen LogP) is 1.58. The lowest BCUT2D eigenvalue weighted by molar-refractivity contribution is 0.0746. The molecular formula is C20H25N5O2. The number of hydrogen-bond donors (Lipinski definition) is 0. The first-order valence-electron chi connectivity index (χ1n) is 9.47. The van der Waals surface area contributed by atoms with Crippen molar-refractivity contribution in [3.05, 3.63) is 47.7 Å². The van der Waals surface area contributed by atoms with Crippen molar-refractivity contribution in [2.24, 2.45) is 0 Å². The van der Waals surface area contributed by atoms with Crippen LogP contribution in [-0.2, 0) is 4.74 Å². The second-order valence-corrected chi connectivity index (χ2v) is 6.96. The summed E-state index contributed by atoms with van der Waals surface area (Å²) in [4.78, 5) is 28.2. The topological polar surface area (TPSA) is 61.8 Å². The third kappa shape index (κ3) is 4.03. The fourth-order valence-electron chi connectivity index (χ4n) is 3.53. The van der Waals surface area contributed by atoms with E-state index in [1.54, 1.807) is 0 Å². The van der Waals surface area contributed by atoms with Gasteiger partial charge in [0.2, 0.25) is 5.95 Å². The summed E-state index contributed by atoms with van der Waals surface area (Å²) in [6, 6.07) is 9.74. The molecule has 2 aliphatic rings. The lowest BCUT2D eigenvalue weighted by Crippen LogP contribution is -2.49. The summed E-state index contributed by atoms with van der Waals surface area (Å²) < 4.78 is 5.40. The van der Waals surface area contributed by atoms with Gasteiger partial charge in [-0.25, -0.2) is 4.98 Å². The van der Waals surface area contributed by atoms with E-state index in [1.165, 1.54) is 0 Å². The van der Waals surface area contributed by atoms with Gasteiger partial charge in [0.25, 0.3) is 5.91 Å². The molecule has 0 radical (unpaired) electrons. The number of amides is 1. The maximum atomic E-state index is 12.7. The van der Waals surface area contributed by atoms with E-state index in [0.29, 0.717) is 26.3 Å². The van der Waals surface area contributed by atoms with Gasteiger partial charge in [0.1, 0.15) is 5.82 Å². The Morgan fingerprint density at radius 3 is 2.52 bits per heavy atom. The number of benzene rings is 1. The van der Waals surface area contributed by atoms with Crippen molar-refractivity contribution >= 4 is 17.7 Å². The molecule has 142 valence electrons. The summed E-state index contributed by atoms with van der Waals surface area (Å²) in [6.45, 7) is 8.03. The SMILES string of the molecule is Cc1cccc(C(=O)N2CCN(c3ccnc(N4CCOCC4)n3)CC2)c1. The Balaban J connectivity index is 1.40. The summed E-state index contributed by atoms with van der Waals surface area (Å²) >= 11 is 0. The minimum Gasteiger partial charge on any atom is -0.378 e. The fourth-order valence-corrected chi connectivity index (χ4v) is 3.53. The summed E-state index contributed by atoms with van der Waals surface area (Å²) in [5.41, 5.74) is 1.87. The largest absolute Gasteiger partial charge is 0.378 e. The van der Waals surface area contributed by atoms with Gasteiger partial charge in [-0.15, -0.1) is 0 Å². The number of anilines is 2. The van der Waals surface area contributed by atoms with Crippen molar-refractivity contribution in [1.82, 2.24) is 14.9 Å². The summed E-state index contributed by atoms with van der Waals surface area (Å²) in [7, 11) is 0. The zero-order valence-corrected chi connectivity index (χ0v) is 15.7. The molecule has 2 aliphatic heterocycles. The highest BCUT2D eigenvalue weighted by Gasteiger charge is 2.23. The molecule has 1 amide bonds. The van der Waals surface area contributed by atoms with E-state index in [0.717, 1.165) is 49.1 Å². The molecule has 0 spiro atoms. The van der Waals surface area contributed by atoms with Crippen LogP contribution >= 0.6 is 0 Å². The average Bonchev–Trinajstić information content (AvgIpc) is 2.74. The van der Waals surface area contributed by atoms with Crippen LogP contribution in [0.15, 0.2) is 36.5 Å². The number of hydrogen-bond acceptors (Lipinski definition) is 6. The molecule has 7 nitrogen and oxygen atoms in total. The third-order valence-corrected chi connectivity index (χ3v) is 5.08.